The lowest BCUT2D eigenvalue weighted by Gasteiger charge is -2.58. The van der Waals surface area contributed by atoms with Gasteiger partial charge in [0.05, 0.1) is 5.70 Å². The van der Waals surface area contributed by atoms with Crippen LogP contribution < -0.4 is 10.6 Å². The van der Waals surface area contributed by atoms with E-state index in [4.69, 9.17) is 0 Å². The molecule has 1 unspecified atom stereocenters. The first kappa shape index (κ1) is 22.5. The van der Waals surface area contributed by atoms with Crippen LogP contribution >= 0.6 is 0 Å². The van der Waals surface area contributed by atoms with E-state index in [1.165, 1.54) is 12.5 Å². The molecule has 4 aliphatic rings. The maximum absolute atomic E-state index is 13.2. The summed E-state index contributed by atoms with van der Waals surface area (Å²) in [5.41, 5.74) is 1.65. The van der Waals surface area contributed by atoms with Crippen molar-refractivity contribution < 1.29 is 14.4 Å². The van der Waals surface area contributed by atoms with Crippen LogP contribution in [-0.4, -0.2) is 23.1 Å². The van der Waals surface area contributed by atoms with Crippen LogP contribution in [0.25, 0.3) is 0 Å². The fourth-order valence-electron chi connectivity index (χ4n) is 7.92. The number of hydrogen-bond donors (Lipinski definition) is 2. The molecule has 4 aliphatic carbocycles. The molecule has 2 amide bonds. The number of ketones is 1. The van der Waals surface area contributed by atoms with Crippen LogP contribution in [-0.2, 0) is 14.4 Å². The number of amides is 2. The minimum atomic E-state index is -0.199. The van der Waals surface area contributed by atoms with E-state index in [-0.39, 0.29) is 39.9 Å². The first-order valence-corrected chi connectivity index (χ1v) is 12.2. The fraction of sp³-hybridized carbons (Fsp3) is 0.808. The Kier molecular flexibility index (Phi) is 5.42. The second kappa shape index (κ2) is 7.45. The normalized spacial score (nSPS) is 40.0. The van der Waals surface area contributed by atoms with Gasteiger partial charge in [-0.05, 0) is 99.9 Å². The third-order valence-electron chi connectivity index (χ3n) is 9.24. The summed E-state index contributed by atoms with van der Waals surface area (Å²) in [5, 5.41) is 6.14. The first-order chi connectivity index (χ1) is 14.4. The van der Waals surface area contributed by atoms with E-state index >= 15 is 0 Å². The van der Waals surface area contributed by atoms with E-state index in [2.05, 4.69) is 45.3 Å². The van der Waals surface area contributed by atoms with Crippen molar-refractivity contribution in [1.82, 2.24) is 10.6 Å². The lowest BCUT2D eigenvalue weighted by Crippen LogP contribution is -2.54. The van der Waals surface area contributed by atoms with Gasteiger partial charge in [-0.3, -0.25) is 14.4 Å². The summed E-state index contributed by atoms with van der Waals surface area (Å²) in [6, 6.07) is 0. The van der Waals surface area contributed by atoms with Crippen LogP contribution in [0.5, 0.6) is 0 Å². The van der Waals surface area contributed by atoms with E-state index in [0.717, 1.165) is 44.9 Å². The topological polar surface area (TPSA) is 75.3 Å². The Balaban J connectivity index is 1.62. The van der Waals surface area contributed by atoms with Crippen molar-refractivity contribution in [3.63, 3.8) is 0 Å². The van der Waals surface area contributed by atoms with E-state index in [1.807, 2.05) is 0 Å². The van der Waals surface area contributed by atoms with Crippen molar-refractivity contribution in [2.75, 3.05) is 0 Å². The molecule has 0 heterocycles. The number of carbonyl (C=O) groups excluding carboxylic acids is 3. The fourth-order valence-corrected chi connectivity index (χ4v) is 7.92. The van der Waals surface area contributed by atoms with Crippen molar-refractivity contribution in [3.05, 3.63) is 11.3 Å². The average molecular weight is 429 g/mol. The molecule has 172 valence electrons. The van der Waals surface area contributed by atoms with E-state index < -0.39 is 0 Å². The zero-order valence-electron chi connectivity index (χ0n) is 20.2. The molecule has 0 aromatic carbocycles. The first-order valence-electron chi connectivity index (χ1n) is 12.2. The van der Waals surface area contributed by atoms with Gasteiger partial charge >= 0.3 is 0 Å². The summed E-state index contributed by atoms with van der Waals surface area (Å²) in [6.07, 6.45) is 7.68. The molecule has 2 N–H and O–H groups in total. The Bertz CT molecular complexity index is 838. The molecule has 3 saturated carbocycles. The molecule has 6 atom stereocenters. The van der Waals surface area contributed by atoms with Crippen molar-refractivity contribution >= 4 is 17.6 Å². The van der Waals surface area contributed by atoms with Crippen LogP contribution in [0.3, 0.4) is 0 Å². The maximum atomic E-state index is 13.2. The quantitative estimate of drug-likeness (QED) is 0.679. The summed E-state index contributed by atoms with van der Waals surface area (Å²) in [6.45, 7) is 12.4. The Morgan fingerprint density at radius 3 is 2.32 bits per heavy atom. The summed E-state index contributed by atoms with van der Waals surface area (Å²) >= 11 is 0. The molecule has 0 radical (unpaired) electrons. The zero-order chi connectivity index (χ0) is 22.8. The predicted octanol–water partition coefficient (Wildman–Crippen LogP) is 4.51. The zero-order valence-corrected chi connectivity index (χ0v) is 20.2. The number of allylic oxidation sites excluding steroid dienone is 1. The molecule has 0 aliphatic heterocycles. The summed E-state index contributed by atoms with van der Waals surface area (Å²) in [7, 11) is 0. The molecule has 0 spiro atoms. The van der Waals surface area contributed by atoms with Crippen LogP contribution in [0.15, 0.2) is 11.3 Å². The standard InChI is InChI=1S/C26H40N2O3/c1-15(29)27-22-19-8-7-16-17-9-10-20(23(31)28-24(2,3)4)26(17,6)13-11-18(16)25(19,5)14-12-21(22)30/h16-18,20H,7-14H2,1-6H3,(H,27,29)(H,28,31)/t16-,17-,18+,20?,25+,26-/m0/s1. The van der Waals surface area contributed by atoms with Crippen LogP contribution in [0.1, 0.15) is 92.9 Å². The maximum Gasteiger partial charge on any atom is 0.224 e. The molecule has 4 rings (SSSR count). The molecule has 5 nitrogen and oxygen atoms in total. The number of nitrogens with one attached hydrogen (secondary N) is 2. The Morgan fingerprint density at radius 1 is 0.968 bits per heavy atom. The summed E-state index contributed by atoms with van der Waals surface area (Å²) in [4.78, 5) is 37.6. The van der Waals surface area contributed by atoms with E-state index in [1.54, 1.807) is 0 Å². The Labute approximate surface area is 187 Å². The van der Waals surface area contributed by atoms with E-state index in [9.17, 15) is 14.4 Å². The number of Topliss-reactive ketones (excluding diaryl/α,β-unsaturated/α-hetero) is 1. The molecule has 0 bridgehead atoms. The van der Waals surface area contributed by atoms with Crippen molar-refractivity contribution in [2.45, 2.75) is 98.4 Å². The third kappa shape index (κ3) is 3.66. The lowest BCUT2D eigenvalue weighted by atomic mass is 9.46. The summed E-state index contributed by atoms with van der Waals surface area (Å²) < 4.78 is 0. The molecule has 3 fully saturated rings. The van der Waals surface area contributed by atoms with Gasteiger partial charge in [-0.25, -0.2) is 0 Å². The van der Waals surface area contributed by atoms with Crippen molar-refractivity contribution in [3.8, 4) is 0 Å². The molecular weight excluding hydrogens is 388 g/mol. The van der Waals surface area contributed by atoms with Crippen molar-refractivity contribution in [2.24, 2.45) is 34.5 Å². The number of carbonyl (C=O) groups is 3. The van der Waals surface area contributed by atoms with Crippen LogP contribution in [0, 0.1) is 34.5 Å². The largest absolute Gasteiger partial charge is 0.351 e. The van der Waals surface area contributed by atoms with Gasteiger partial charge in [0.15, 0.2) is 5.78 Å². The SMILES string of the molecule is CC(=O)NC1=C2CC[C@@H]3[C@@H](CC[C@]4(C)C(C(=O)NC(C)(C)C)CC[C@@H]34)[C@@]2(C)CCC1=O. The number of hydrogen-bond acceptors (Lipinski definition) is 3. The van der Waals surface area contributed by atoms with Gasteiger partial charge in [-0.1, -0.05) is 13.8 Å². The Morgan fingerprint density at radius 2 is 1.68 bits per heavy atom. The van der Waals surface area contributed by atoms with Gasteiger partial charge in [0.25, 0.3) is 0 Å². The highest BCUT2D eigenvalue weighted by atomic mass is 16.2. The Hall–Kier alpha value is -1.65. The second-order valence-electron chi connectivity index (χ2n) is 12.2. The van der Waals surface area contributed by atoms with Gasteiger partial charge < -0.3 is 10.6 Å². The van der Waals surface area contributed by atoms with Crippen LogP contribution in [0.4, 0.5) is 0 Å². The monoisotopic (exact) mass is 428 g/mol. The second-order valence-corrected chi connectivity index (χ2v) is 12.2. The highest BCUT2D eigenvalue weighted by Gasteiger charge is 2.60. The van der Waals surface area contributed by atoms with Crippen LogP contribution in [0.2, 0.25) is 0 Å². The molecule has 0 aromatic heterocycles. The minimum Gasteiger partial charge on any atom is -0.351 e. The average Bonchev–Trinajstić information content (AvgIpc) is 3.00. The number of rotatable bonds is 2. The van der Waals surface area contributed by atoms with Gasteiger partial charge in [0.2, 0.25) is 11.8 Å². The smallest absolute Gasteiger partial charge is 0.224 e. The van der Waals surface area contributed by atoms with E-state index in [0.29, 0.717) is 29.9 Å². The predicted molar refractivity (Wildman–Crippen MR) is 121 cm³/mol. The summed E-state index contributed by atoms with van der Waals surface area (Å²) in [5.74, 6) is 1.99. The van der Waals surface area contributed by atoms with Gasteiger partial charge in [0, 0.05) is 24.8 Å². The number of fused-ring (bicyclic) bond motifs is 5. The van der Waals surface area contributed by atoms with Crippen molar-refractivity contribution in [1.29, 1.82) is 0 Å². The molecular formula is C26H40N2O3. The van der Waals surface area contributed by atoms with Gasteiger partial charge in [0.1, 0.15) is 0 Å². The third-order valence-corrected chi connectivity index (χ3v) is 9.24. The highest BCUT2D eigenvalue weighted by Crippen LogP contribution is 2.67. The molecule has 31 heavy (non-hydrogen) atoms. The molecule has 0 saturated heterocycles. The molecule has 5 heteroatoms. The van der Waals surface area contributed by atoms with Gasteiger partial charge in [-0.2, -0.15) is 0 Å². The lowest BCUT2D eigenvalue weighted by molar-refractivity contribution is -0.134. The highest BCUT2D eigenvalue weighted by molar-refractivity contribution is 6.00. The van der Waals surface area contributed by atoms with Gasteiger partial charge in [-0.15, -0.1) is 0 Å². The molecule has 0 aromatic rings. The minimum absolute atomic E-state index is 0.0122.